The van der Waals surface area contributed by atoms with Crippen molar-refractivity contribution in [2.45, 2.75) is 12.5 Å². The fraction of sp³-hybridized carbons (Fsp3) is 0.778. The first-order chi connectivity index (χ1) is 7.01. The third-order valence-corrected chi connectivity index (χ3v) is 1.94. The Balaban J connectivity index is 3.79. The van der Waals surface area contributed by atoms with Crippen molar-refractivity contribution in [1.82, 2.24) is 10.2 Å². The molecule has 0 fully saturated rings. The zero-order chi connectivity index (χ0) is 11.8. The first-order valence-corrected chi connectivity index (χ1v) is 4.71. The third kappa shape index (κ3) is 6.03. The van der Waals surface area contributed by atoms with Crippen molar-refractivity contribution < 1.29 is 14.3 Å². The number of hydrogen-bond donors (Lipinski definition) is 2. The number of likely N-dealkylation sites (N-methyl/N-ethyl adjacent to an activating group) is 1. The van der Waals surface area contributed by atoms with E-state index in [1.807, 2.05) is 0 Å². The Bertz CT molecular complexity index is 215. The summed E-state index contributed by atoms with van der Waals surface area (Å²) in [5, 5.41) is 2.50. The Hall–Kier alpha value is -1.14. The molecule has 0 bridgehead atoms. The number of carbonyl (C=O) groups excluding carboxylic acids is 2. The second-order valence-electron chi connectivity index (χ2n) is 3.36. The van der Waals surface area contributed by atoms with Gasteiger partial charge in [-0.25, -0.2) is 0 Å². The summed E-state index contributed by atoms with van der Waals surface area (Å²) in [6.45, 7) is 0.290. The number of amides is 2. The predicted octanol–water partition coefficient (Wildman–Crippen LogP) is -1.45. The van der Waals surface area contributed by atoms with E-state index >= 15 is 0 Å². The summed E-state index contributed by atoms with van der Waals surface area (Å²) in [6.07, 6.45) is -0.118. The van der Waals surface area contributed by atoms with Gasteiger partial charge in [0.1, 0.15) is 0 Å². The number of hydrogen-bond acceptors (Lipinski definition) is 4. The molecule has 6 nitrogen and oxygen atoms in total. The minimum atomic E-state index is -0.292. The Kier molecular flexibility index (Phi) is 6.64. The maximum atomic E-state index is 11.3. The summed E-state index contributed by atoms with van der Waals surface area (Å²) in [5.74, 6) is -0.382. The SMILES string of the molecule is COC(CN)CC(=O)NCC(=O)N(C)C. The monoisotopic (exact) mass is 217 g/mol. The van der Waals surface area contributed by atoms with Gasteiger partial charge in [0.2, 0.25) is 11.8 Å². The van der Waals surface area contributed by atoms with Crippen LogP contribution in [0.2, 0.25) is 0 Å². The highest BCUT2D eigenvalue weighted by Gasteiger charge is 2.12. The molecule has 0 aliphatic rings. The van der Waals surface area contributed by atoms with Gasteiger partial charge < -0.3 is 20.7 Å². The quantitative estimate of drug-likeness (QED) is 0.570. The van der Waals surface area contributed by atoms with Crippen molar-refractivity contribution in [1.29, 1.82) is 0 Å². The van der Waals surface area contributed by atoms with Crippen LogP contribution in [0.4, 0.5) is 0 Å². The van der Waals surface area contributed by atoms with Crippen LogP contribution in [-0.4, -0.2) is 57.1 Å². The molecule has 0 saturated carbocycles. The molecule has 0 aliphatic heterocycles. The predicted molar refractivity (Wildman–Crippen MR) is 56.2 cm³/mol. The van der Waals surface area contributed by atoms with E-state index in [2.05, 4.69) is 5.32 Å². The number of carbonyl (C=O) groups is 2. The number of nitrogens with one attached hydrogen (secondary N) is 1. The second-order valence-corrected chi connectivity index (χ2v) is 3.36. The molecule has 0 aromatic heterocycles. The number of rotatable bonds is 6. The van der Waals surface area contributed by atoms with E-state index < -0.39 is 0 Å². The molecule has 1 unspecified atom stereocenters. The lowest BCUT2D eigenvalue weighted by Crippen LogP contribution is -2.38. The lowest BCUT2D eigenvalue weighted by Gasteiger charge is -2.14. The standard InChI is InChI=1S/C9H19N3O3/c1-12(2)9(14)6-11-8(13)4-7(5-10)15-3/h7H,4-6,10H2,1-3H3,(H,11,13). The maximum Gasteiger partial charge on any atom is 0.241 e. The molecule has 0 aromatic carbocycles. The fourth-order valence-corrected chi connectivity index (χ4v) is 0.874. The molecule has 0 saturated heterocycles. The summed E-state index contributed by atoms with van der Waals surface area (Å²) < 4.78 is 4.94. The van der Waals surface area contributed by atoms with Crippen LogP contribution < -0.4 is 11.1 Å². The van der Waals surface area contributed by atoms with Gasteiger partial charge in [-0.15, -0.1) is 0 Å². The first kappa shape index (κ1) is 13.9. The van der Waals surface area contributed by atoms with Gasteiger partial charge in [-0.2, -0.15) is 0 Å². The van der Waals surface area contributed by atoms with E-state index in [4.69, 9.17) is 10.5 Å². The van der Waals surface area contributed by atoms with Crippen molar-refractivity contribution in [3.8, 4) is 0 Å². The Morgan fingerprint density at radius 3 is 2.47 bits per heavy atom. The van der Waals surface area contributed by atoms with E-state index in [0.717, 1.165) is 0 Å². The number of methoxy groups -OCH3 is 1. The molecule has 0 aliphatic carbocycles. The van der Waals surface area contributed by atoms with Crippen LogP contribution >= 0.6 is 0 Å². The van der Waals surface area contributed by atoms with Gasteiger partial charge in [0, 0.05) is 27.7 Å². The molecule has 0 rings (SSSR count). The van der Waals surface area contributed by atoms with Gasteiger partial charge in [-0.3, -0.25) is 9.59 Å². The van der Waals surface area contributed by atoms with Crippen LogP contribution in [0, 0.1) is 0 Å². The van der Waals surface area contributed by atoms with Gasteiger partial charge >= 0.3 is 0 Å². The van der Waals surface area contributed by atoms with Gasteiger partial charge in [0.25, 0.3) is 0 Å². The van der Waals surface area contributed by atoms with E-state index in [1.165, 1.54) is 12.0 Å². The molecule has 88 valence electrons. The van der Waals surface area contributed by atoms with Crippen molar-refractivity contribution in [3.63, 3.8) is 0 Å². The molecule has 15 heavy (non-hydrogen) atoms. The lowest BCUT2D eigenvalue weighted by molar-refractivity contribution is -0.131. The van der Waals surface area contributed by atoms with E-state index in [0.29, 0.717) is 0 Å². The molecule has 3 N–H and O–H groups in total. The van der Waals surface area contributed by atoms with Crippen LogP contribution in [0.1, 0.15) is 6.42 Å². The van der Waals surface area contributed by atoms with Gasteiger partial charge in [0.05, 0.1) is 19.1 Å². The first-order valence-electron chi connectivity index (χ1n) is 4.71. The Morgan fingerprint density at radius 1 is 1.47 bits per heavy atom. The third-order valence-electron chi connectivity index (χ3n) is 1.94. The van der Waals surface area contributed by atoms with E-state index in [1.54, 1.807) is 14.1 Å². The fourth-order valence-electron chi connectivity index (χ4n) is 0.874. The average Bonchev–Trinajstić information content (AvgIpc) is 2.22. The van der Waals surface area contributed by atoms with Crippen molar-refractivity contribution in [2.75, 3.05) is 34.3 Å². The van der Waals surface area contributed by atoms with Gasteiger partial charge in [0.15, 0.2) is 0 Å². The summed E-state index contributed by atoms with van der Waals surface area (Å²) in [5.41, 5.74) is 5.36. The van der Waals surface area contributed by atoms with Crippen molar-refractivity contribution in [2.24, 2.45) is 5.73 Å². The average molecular weight is 217 g/mol. The topological polar surface area (TPSA) is 84.7 Å². The Morgan fingerprint density at radius 2 is 2.07 bits per heavy atom. The lowest BCUT2D eigenvalue weighted by atomic mass is 10.2. The maximum absolute atomic E-state index is 11.3. The summed E-state index contributed by atoms with van der Waals surface area (Å²) >= 11 is 0. The smallest absolute Gasteiger partial charge is 0.241 e. The minimum Gasteiger partial charge on any atom is -0.380 e. The molecule has 2 amide bonds. The number of ether oxygens (including phenoxy) is 1. The van der Waals surface area contributed by atoms with Crippen LogP contribution in [0.3, 0.4) is 0 Å². The molecule has 1 atom stereocenters. The zero-order valence-electron chi connectivity index (χ0n) is 9.45. The molecular formula is C9H19N3O3. The second kappa shape index (κ2) is 7.19. The molecule has 0 spiro atoms. The highest BCUT2D eigenvalue weighted by atomic mass is 16.5. The number of nitrogens with two attached hydrogens (primary N) is 1. The largest absolute Gasteiger partial charge is 0.380 e. The summed E-state index contributed by atoms with van der Waals surface area (Å²) in [7, 11) is 4.76. The molecule has 0 radical (unpaired) electrons. The van der Waals surface area contributed by atoms with Crippen LogP contribution in [-0.2, 0) is 14.3 Å². The van der Waals surface area contributed by atoms with Crippen LogP contribution in [0.25, 0.3) is 0 Å². The highest BCUT2D eigenvalue weighted by molar-refractivity contribution is 5.84. The van der Waals surface area contributed by atoms with Crippen molar-refractivity contribution in [3.05, 3.63) is 0 Å². The number of nitrogens with zero attached hydrogens (tertiary/aromatic N) is 1. The molecule has 0 heterocycles. The minimum absolute atomic E-state index is 0.00678. The van der Waals surface area contributed by atoms with E-state index in [9.17, 15) is 9.59 Å². The van der Waals surface area contributed by atoms with Gasteiger partial charge in [-0.05, 0) is 0 Å². The molecule has 0 aromatic rings. The molecule has 6 heteroatoms. The van der Waals surface area contributed by atoms with E-state index in [-0.39, 0.29) is 37.4 Å². The van der Waals surface area contributed by atoms with Crippen LogP contribution in [0.5, 0.6) is 0 Å². The normalized spacial score (nSPS) is 12.0. The highest BCUT2D eigenvalue weighted by Crippen LogP contribution is 1.93. The van der Waals surface area contributed by atoms with Crippen LogP contribution in [0.15, 0.2) is 0 Å². The molecular weight excluding hydrogens is 198 g/mol. The summed E-state index contributed by atoms with van der Waals surface area (Å²) in [4.78, 5) is 23.8. The Labute approximate surface area is 89.7 Å². The zero-order valence-corrected chi connectivity index (χ0v) is 9.45. The van der Waals surface area contributed by atoms with Crippen molar-refractivity contribution >= 4 is 11.8 Å². The van der Waals surface area contributed by atoms with Gasteiger partial charge in [-0.1, -0.05) is 0 Å². The summed E-state index contributed by atoms with van der Waals surface area (Å²) in [6, 6.07) is 0.